The summed E-state index contributed by atoms with van der Waals surface area (Å²) in [5, 5.41) is 4.41. The van der Waals surface area contributed by atoms with E-state index in [1.807, 2.05) is 12.1 Å². The molecule has 2 heterocycles. The number of benzene rings is 1. The van der Waals surface area contributed by atoms with Gasteiger partial charge in [0.05, 0.1) is 5.02 Å². The van der Waals surface area contributed by atoms with Crippen LogP contribution in [0.15, 0.2) is 41.3 Å². The summed E-state index contributed by atoms with van der Waals surface area (Å²) in [5.74, 6) is 1.63. The molecule has 0 atom stereocenters. The number of hydrogen-bond acceptors (Lipinski definition) is 5. The number of fused-ring (bicyclic) bond motifs is 1. The van der Waals surface area contributed by atoms with Gasteiger partial charge in [-0.2, -0.15) is 0 Å². The second-order valence-electron chi connectivity index (χ2n) is 4.14. The molecule has 7 heteroatoms. The molecule has 0 unspecified atom stereocenters. The Kier molecular flexibility index (Phi) is 3.90. The largest absolute Gasteiger partial charge is 0.435 e. The van der Waals surface area contributed by atoms with Gasteiger partial charge in [0.1, 0.15) is 22.1 Å². The van der Waals surface area contributed by atoms with Crippen molar-refractivity contribution in [3.8, 4) is 11.6 Å². The van der Waals surface area contributed by atoms with Crippen molar-refractivity contribution in [2.45, 2.75) is 0 Å². The number of pyridine rings is 1. The van der Waals surface area contributed by atoms with Gasteiger partial charge in [0.15, 0.2) is 5.75 Å². The number of aromatic nitrogens is 3. The highest BCUT2D eigenvalue weighted by Crippen LogP contribution is 2.36. The van der Waals surface area contributed by atoms with Crippen LogP contribution in [-0.4, -0.2) is 22.0 Å². The Labute approximate surface area is 134 Å². The fourth-order valence-corrected chi connectivity index (χ4v) is 2.60. The van der Waals surface area contributed by atoms with Crippen molar-refractivity contribution in [3.63, 3.8) is 0 Å². The molecule has 21 heavy (non-hydrogen) atoms. The van der Waals surface area contributed by atoms with Crippen LogP contribution in [0.1, 0.15) is 0 Å². The smallest absolute Gasteiger partial charge is 0.238 e. The minimum atomic E-state index is 0.406. The molecule has 5 nitrogen and oxygen atoms in total. The minimum Gasteiger partial charge on any atom is -0.435 e. The van der Waals surface area contributed by atoms with Gasteiger partial charge in [-0.15, -0.1) is 0 Å². The highest BCUT2D eigenvalue weighted by Gasteiger charge is 2.13. The average Bonchev–Trinajstić information content (AvgIpc) is 2.52. The van der Waals surface area contributed by atoms with Crippen LogP contribution in [0.25, 0.3) is 10.9 Å². The highest BCUT2D eigenvalue weighted by molar-refractivity contribution is 9.10. The van der Waals surface area contributed by atoms with E-state index in [0.29, 0.717) is 32.5 Å². The maximum Gasteiger partial charge on any atom is 0.238 e. The number of rotatable bonds is 3. The Hall–Kier alpha value is -1.92. The third kappa shape index (κ3) is 2.64. The number of ether oxygens (including phenoxy) is 1. The third-order valence-corrected chi connectivity index (χ3v) is 3.92. The van der Waals surface area contributed by atoms with Crippen LogP contribution in [0.5, 0.6) is 11.6 Å². The van der Waals surface area contributed by atoms with E-state index in [1.54, 1.807) is 25.4 Å². The van der Waals surface area contributed by atoms with Crippen molar-refractivity contribution in [2.24, 2.45) is 0 Å². The first-order valence-corrected chi connectivity index (χ1v) is 7.27. The number of anilines is 1. The number of nitrogens with one attached hydrogen (secondary N) is 1. The van der Waals surface area contributed by atoms with Gasteiger partial charge in [0.2, 0.25) is 5.88 Å². The fraction of sp³-hybridized carbons (Fsp3) is 0.0714. The van der Waals surface area contributed by atoms with Crippen molar-refractivity contribution in [3.05, 3.63) is 46.3 Å². The van der Waals surface area contributed by atoms with E-state index in [-0.39, 0.29) is 0 Å². The van der Waals surface area contributed by atoms with Crippen LogP contribution in [0, 0.1) is 0 Å². The molecule has 1 aromatic carbocycles. The van der Waals surface area contributed by atoms with Crippen LogP contribution in [0.3, 0.4) is 0 Å². The molecule has 0 aliphatic carbocycles. The zero-order chi connectivity index (χ0) is 14.8. The lowest BCUT2D eigenvalue weighted by molar-refractivity contribution is 0.462. The van der Waals surface area contributed by atoms with Crippen molar-refractivity contribution in [2.75, 3.05) is 12.4 Å². The van der Waals surface area contributed by atoms with Crippen molar-refractivity contribution in [1.29, 1.82) is 0 Å². The monoisotopic (exact) mass is 364 g/mol. The predicted molar refractivity (Wildman–Crippen MR) is 86.1 cm³/mol. The van der Waals surface area contributed by atoms with Crippen LogP contribution in [-0.2, 0) is 0 Å². The molecule has 0 aliphatic heterocycles. The summed E-state index contributed by atoms with van der Waals surface area (Å²) < 4.78 is 6.51. The molecule has 3 aromatic rings. The minimum absolute atomic E-state index is 0.406. The zero-order valence-electron chi connectivity index (χ0n) is 11.0. The summed E-state index contributed by atoms with van der Waals surface area (Å²) in [6.45, 7) is 0. The molecule has 0 bridgehead atoms. The standard InChI is InChI=1S/C14H10BrClN4O/c1-17-13-11(15)14(20-7-19-13)21-10-5-4-9(16)8-3-2-6-18-12(8)10/h2-7H,1H3,(H,17,19,20). The molecule has 2 aromatic heterocycles. The van der Waals surface area contributed by atoms with Gasteiger partial charge in [-0.05, 0) is 40.2 Å². The van der Waals surface area contributed by atoms with Crippen LogP contribution in [0.2, 0.25) is 5.02 Å². The second kappa shape index (κ2) is 5.83. The van der Waals surface area contributed by atoms with Gasteiger partial charge in [0, 0.05) is 18.6 Å². The summed E-state index contributed by atoms with van der Waals surface area (Å²) in [6, 6.07) is 7.27. The predicted octanol–water partition coefficient (Wildman–Crippen LogP) is 4.27. The van der Waals surface area contributed by atoms with Crippen molar-refractivity contribution < 1.29 is 4.74 Å². The fourth-order valence-electron chi connectivity index (χ4n) is 1.90. The summed E-state index contributed by atoms with van der Waals surface area (Å²) >= 11 is 9.59. The SMILES string of the molecule is CNc1ncnc(Oc2ccc(Cl)c3cccnc23)c1Br. The Balaban J connectivity index is 2.09. The number of halogens is 2. The Morgan fingerprint density at radius 3 is 2.86 bits per heavy atom. The molecule has 106 valence electrons. The van der Waals surface area contributed by atoms with Gasteiger partial charge in [0.25, 0.3) is 0 Å². The van der Waals surface area contributed by atoms with Gasteiger partial charge in [-0.25, -0.2) is 9.97 Å². The first-order valence-electron chi connectivity index (χ1n) is 6.10. The van der Waals surface area contributed by atoms with E-state index in [9.17, 15) is 0 Å². The molecule has 0 spiro atoms. The molecule has 0 amide bonds. The molecule has 3 rings (SSSR count). The van der Waals surface area contributed by atoms with Gasteiger partial charge in [-0.1, -0.05) is 11.6 Å². The Morgan fingerprint density at radius 2 is 2.05 bits per heavy atom. The summed E-state index contributed by atoms with van der Waals surface area (Å²) in [4.78, 5) is 12.5. The van der Waals surface area contributed by atoms with Gasteiger partial charge in [-0.3, -0.25) is 4.98 Å². The van der Waals surface area contributed by atoms with Crippen LogP contribution >= 0.6 is 27.5 Å². The molecule has 0 saturated heterocycles. The van der Waals surface area contributed by atoms with Gasteiger partial charge < -0.3 is 10.1 Å². The topological polar surface area (TPSA) is 59.9 Å². The molecular formula is C14H10BrClN4O. The lowest BCUT2D eigenvalue weighted by Crippen LogP contribution is -1.98. The third-order valence-electron chi connectivity index (χ3n) is 2.88. The summed E-state index contributed by atoms with van der Waals surface area (Å²) in [7, 11) is 1.77. The average molecular weight is 366 g/mol. The Bertz CT molecular complexity index is 812. The van der Waals surface area contributed by atoms with E-state index in [1.165, 1.54) is 6.33 Å². The Morgan fingerprint density at radius 1 is 1.19 bits per heavy atom. The maximum absolute atomic E-state index is 6.17. The van der Waals surface area contributed by atoms with E-state index in [0.717, 1.165) is 5.39 Å². The maximum atomic E-state index is 6.17. The van der Waals surface area contributed by atoms with E-state index < -0.39 is 0 Å². The summed E-state index contributed by atoms with van der Waals surface area (Å²) in [5.41, 5.74) is 0.682. The van der Waals surface area contributed by atoms with Gasteiger partial charge >= 0.3 is 0 Å². The molecule has 0 saturated carbocycles. The molecule has 1 N–H and O–H groups in total. The molecule has 0 fully saturated rings. The summed E-state index contributed by atoms with van der Waals surface area (Å²) in [6.07, 6.45) is 3.12. The highest BCUT2D eigenvalue weighted by atomic mass is 79.9. The zero-order valence-corrected chi connectivity index (χ0v) is 13.3. The lowest BCUT2D eigenvalue weighted by atomic mass is 10.2. The quantitative estimate of drug-likeness (QED) is 0.751. The van der Waals surface area contributed by atoms with Crippen LogP contribution in [0.4, 0.5) is 5.82 Å². The van der Waals surface area contributed by atoms with Crippen molar-refractivity contribution in [1.82, 2.24) is 15.0 Å². The van der Waals surface area contributed by atoms with E-state index >= 15 is 0 Å². The molecular weight excluding hydrogens is 356 g/mol. The lowest BCUT2D eigenvalue weighted by Gasteiger charge is -2.11. The van der Waals surface area contributed by atoms with Crippen LogP contribution < -0.4 is 10.1 Å². The van der Waals surface area contributed by atoms with Crippen molar-refractivity contribution >= 4 is 44.3 Å². The number of nitrogens with zero attached hydrogens (tertiary/aromatic N) is 3. The second-order valence-corrected chi connectivity index (χ2v) is 5.34. The van der Waals surface area contributed by atoms with E-state index in [4.69, 9.17) is 16.3 Å². The molecule has 0 radical (unpaired) electrons. The van der Waals surface area contributed by atoms with E-state index in [2.05, 4.69) is 36.2 Å². The number of hydrogen-bond donors (Lipinski definition) is 1. The first kappa shape index (κ1) is 14.0. The molecule has 0 aliphatic rings. The first-order chi connectivity index (χ1) is 10.2. The normalized spacial score (nSPS) is 10.6.